The average molecular weight is 451 g/mol. The molecule has 0 radical (unpaired) electrons. The fraction of sp³-hybridized carbons (Fsp3) is 0.458. The Balaban J connectivity index is 1.70. The molecule has 32 heavy (non-hydrogen) atoms. The van der Waals surface area contributed by atoms with Crippen molar-refractivity contribution in [3.8, 4) is 0 Å². The number of nitrogens with zero attached hydrogens (tertiary/aromatic N) is 2. The summed E-state index contributed by atoms with van der Waals surface area (Å²) in [4.78, 5) is 16.5. The molecule has 1 unspecified atom stereocenters. The smallest absolute Gasteiger partial charge is 0.416 e. The van der Waals surface area contributed by atoms with Crippen LogP contribution in [0.25, 0.3) is 0 Å². The van der Waals surface area contributed by atoms with E-state index in [2.05, 4.69) is 4.90 Å². The first-order valence-electron chi connectivity index (χ1n) is 10.8. The number of ether oxygens (including phenoxy) is 1. The first kappa shape index (κ1) is 24.1. The zero-order chi connectivity index (χ0) is 23.3. The molecular weight excluding hydrogens is 421 g/mol. The molecule has 0 spiro atoms. The maximum Gasteiger partial charge on any atom is 0.416 e. The average Bonchev–Trinajstić information content (AvgIpc) is 2.78. The van der Waals surface area contributed by atoms with Gasteiger partial charge in [-0.2, -0.15) is 13.2 Å². The summed E-state index contributed by atoms with van der Waals surface area (Å²) in [5.41, 5.74) is 0.803. The van der Waals surface area contributed by atoms with Gasteiger partial charge >= 0.3 is 12.3 Å². The number of carbonyl (C=O) groups excluding carboxylic acids is 1. The van der Waals surface area contributed by atoms with Crippen LogP contribution in [0.3, 0.4) is 0 Å². The van der Waals surface area contributed by atoms with Crippen LogP contribution in [-0.4, -0.2) is 52.8 Å². The topological polar surface area (TPSA) is 53.0 Å². The Bertz CT molecular complexity index is 874. The van der Waals surface area contributed by atoms with Crippen molar-refractivity contribution in [1.82, 2.24) is 9.80 Å². The number of alkyl halides is 3. The molecule has 174 valence electrons. The second kappa shape index (κ2) is 10.4. The van der Waals surface area contributed by atoms with E-state index in [0.29, 0.717) is 25.1 Å². The third kappa shape index (κ3) is 5.61. The SMILES string of the molecule is CC[C@@H]1CN(C(=O)OCc2ccccc2)[C@@H](C)CN1C(CO)c1ccc(C(F)(F)F)cc1. The molecule has 1 fully saturated rings. The van der Waals surface area contributed by atoms with Crippen LogP contribution in [0.4, 0.5) is 18.0 Å². The van der Waals surface area contributed by atoms with Crippen molar-refractivity contribution in [1.29, 1.82) is 0 Å². The zero-order valence-corrected chi connectivity index (χ0v) is 18.3. The molecular formula is C24H29F3N2O3. The monoisotopic (exact) mass is 450 g/mol. The fourth-order valence-corrected chi connectivity index (χ4v) is 4.16. The summed E-state index contributed by atoms with van der Waals surface area (Å²) in [6.07, 6.45) is -4.08. The van der Waals surface area contributed by atoms with Crippen molar-refractivity contribution in [2.24, 2.45) is 0 Å². The molecule has 2 aromatic carbocycles. The maximum absolute atomic E-state index is 12.9. The number of hydrogen-bond acceptors (Lipinski definition) is 4. The van der Waals surface area contributed by atoms with E-state index >= 15 is 0 Å². The van der Waals surface area contributed by atoms with Crippen LogP contribution in [0, 0.1) is 0 Å². The number of halogens is 3. The van der Waals surface area contributed by atoms with E-state index in [1.54, 1.807) is 4.90 Å². The Morgan fingerprint density at radius 2 is 1.78 bits per heavy atom. The Morgan fingerprint density at radius 1 is 1.12 bits per heavy atom. The lowest BCUT2D eigenvalue weighted by molar-refractivity contribution is -0.137. The van der Waals surface area contributed by atoms with Crippen LogP contribution in [-0.2, 0) is 17.5 Å². The van der Waals surface area contributed by atoms with Gasteiger partial charge < -0.3 is 14.7 Å². The van der Waals surface area contributed by atoms with Crippen LogP contribution in [0.15, 0.2) is 54.6 Å². The minimum absolute atomic E-state index is 0.0603. The van der Waals surface area contributed by atoms with Gasteiger partial charge in [-0.05, 0) is 36.6 Å². The van der Waals surface area contributed by atoms with E-state index in [-0.39, 0.29) is 25.3 Å². The summed E-state index contributed by atoms with van der Waals surface area (Å²) < 4.78 is 44.2. The molecule has 8 heteroatoms. The Kier molecular flexibility index (Phi) is 7.79. The van der Waals surface area contributed by atoms with Gasteiger partial charge in [-0.1, -0.05) is 49.4 Å². The van der Waals surface area contributed by atoms with Crippen LogP contribution in [0.2, 0.25) is 0 Å². The number of rotatable bonds is 6. The molecule has 0 aliphatic carbocycles. The molecule has 1 saturated heterocycles. The predicted octanol–water partition coefficient (Wildman–Crippen LogP) is 4.86. The Morgan fingerprint density at radius 3 is 2.34 bits per heavy atom. The van der Waals surface area contributed by atoms with Gasteiger partial charge in [0.1, 0.15) is 6.61 Å². The molecule has 2 aromatic rings. The van der Waals surface area contributed by atoms with E-state index in [0.717, 1.165) is 17.7 Å². The maximum atomic E-state index is 12.9. The quantitative estimate of drug-likeness (QED) is 0.683. The van der Waals surface area contributed by atoms with Crippen LogP contribution >= 0.6 is 0 Å². The second-order valence-electron chi connectivity index (χ2n) is 8.12. The van der Waals surface area contributed by atoms with Gasteiger partial charge in [0.25, 0.3) is 0 Å². The number of amides is 1. The van der Waals surface area contributed by atoms with Gasteiger partial charge in [-0.25, -0.2) is 4.79 Å². The van der Waals surface area contributed by atoms with Gasteiger partial charge in [-0.3, -0.25) is 4.90 Å². The highest BCUT2D eigenvalue weighted by molar-refractivity contribution is 5.68. The Labute approximate surface area is 186 Å². The summed E-state index contributed by atoms with van der Waals surface area (Å²) in [6, 6.07) is 13.7. The standard InChI is InChI=1S/C24H29F3N2O3/c1-3-21-14-28(23(31)32-16-18-7-5-4-6-8-18)17(2)13-29(21)22(15-30)19-9-11-20(12-10-19)24(25,26)27/h4-12,17,21-22,30H,3,13-16H2,1-2H3/t17-,21+,22?/m0/s1. The summed E-state index contributed by atoms with van der Waals surface area (Å²) in [7, 11) is 0. The number of piperazine rings is 1. The molecule has 3 atom stereocenters. The van der Waals surface area contributed by atoms with Crippen molar-refractivity contribution >= 4 is 6.09 Å². The van der Waals surface area contributed by atoms with E-state index in [1.807, 2.05) is 44.2 Å². The van der Waals surface area contributed by atoms with Crippen LogP contribution < -0.4 is 0 Å². The summed E-state index contributed by atoms with van der Waals surface area (Å²) in [5.74, 6) is 0. The van der Waals surface area contributed by atoms with Gasteiger partial charge in [0.05, 0.1) is 18.2 Å². The predicted molar refractivity (Wildman–Crippen MR) is 115 cm³/mol. The number of hydrogen-bond donors (Lipinski definition) is 1. The number of aliphatic hydroxyl groups is 1. The highest BCUT2D eigenvalue weighted by Crippen LogP contribution is 2.33. The molecule has 0 aromatic heterocycles. The van der Waals surface area contributed by atoms with E-state index in [1.165, 1.54) is 12.1 Å². The van der Waals surface area contributed by atoms with Crippen molar-refractivity contribution in [3.05, 3.63) is 71.3 Å². The molecule has 0 bridgehead atoms. The minimum Gasteiger partial charge on any atom is -0.445 e. The number of benzene rings is 2. The molecule has 1 aliphatic heterocycles. The molecule has 0 saturated carbocycles. The van der Waals surface area contributed by atoms with E-state index in [9.17, 15) is 23.1 Å². The molecule has 1 amide bonds. The van der Waals surface area contributed by atoms with Gasteiger partial charge in [0.15, 0.2) is 0 Å². The first-order valence-corrected chi connectivity index (χ1v) is 10.8. The van der Waals surface area contributed by atoms with Crippen molar-refractivity contribution in [2.75, 3.05) is 19.7 Å². The third-order valence-corrected chi connectivity index (χ3v) is 5.99. The van der Waals surface area contributed by atoms with E-state index in [4.69, 9.17) is 4.74 Å². The fourth-order valence-electron chi connectivity index (χ4n) is 4.16. The number of aliphatic hydroxyl groups excluding tert-OH is 1. The number of carbonyl (C=O) groups is 1. The molecule has 1 aliphatic rings. The molecule has 1 N–H and O–H groups in total. The Hall–Kier alpha value is -2.58. The second-order valence-corrected chi connectivity index (χ2v) is 8.12. The largest absolute Gasteiger partial charge is 0.445 e. The highest BCUT2D eigenvalue weighted by Gasteiger charge is 2.38. The first-order chi connectivity index (χ1) is 15.2. The van der Waals surface area contributed by atoms with Gasteiger partial charge in [0, 0.05) is 25.2 Å². The molecule has 5 nitrogen and oxygen atoms in total. The molecule has 1 heterocycles. The minimum atomic E-state index is -4.40. The van der Waals surface area contributed by atoms with Crippen molar-refractivity contribution in [2.45, 2.75) is 51.2 Å². The van der Waals surface area contributed by atoms with Crippen molar-refractivity contribution < 1.29 is 27.8 Å². The zero-order valence-electron chi connectivity index (χ0n) is 18.3. The highest BCUT2D eigenvalue weighted by atomic mass is 19.4. The van der Waals surface area contributed by atoms with Gasteiger partial charge in [-0.15, -0.1) is 0 Å². The third-order valence-electron chi connectivity index (χ3n) is 5.99. The lowest BCUT2D eigenvalue weighted by atomic mass is 9.97. The van der Waals surface area contributed by atoms with Crippen molar-refractivity contribution in [3.63, 3.8) is 0 Å². The summed E-state index contributed by atoms with van der Waals surface area (Å²) in [6.45, 7) is 4.75. The van der Waals surface area contributed by atoms with Crippen LogP contribution in [0.5, 0.6) is 0 Å². The van der Waals surface area contributed by atoms with Gasteiger partial charge in [0.2, 0.25) is 0 Å². The van der Waals surface area contributed by atoms with Crippen LogP contribution in [0.1, 0.15) is 43.0 Å². The lowest BCUT2D eigenvalue weighted by Crippen LogP contribution is -2.59. The summed E-state index contributed by atoms with van der Waals surface area (Å²) in [5, 5.41) is 10.1. The normalized spacial score (nSPS) is 20.8. The lowest BCUT2D eigenvalue weighted by Gasteiger charge is -2.47. The van der Waals surface area contributed by atoms with E-state index < -0.39 is 23.9 Å². The molecule has 3 rings (SSSR count). The summed E-state index contributed by atoms with van der Waals surface area (Å²) >= 11 is 0.